The minimum atomic E-state index is -0.418. The first-order valence-corrected chi connectivity index (χ1v) is 11.2. The summed E-state index contributed by atoms with van der Waals surface area (Å²) in [7, 11) is 0. The molecule has 0 radical (unpaired) electrons. The van der Waals surface area contributed by atoms with Crippen molar-refractivity contribution in [1.29, 1.82) is 0 Å². The van der Waals surface area contributed by atoms with Crippen LogP contribution in [0, 0.1) is 16.0 Å². The molecule has 164 valence electrons. The maximum atomic E-state index is 10.8. The summed E-state index contributed by atoms with van der Waals surface area (Å²) in [5.74, 6) is 1.77. The first-order chi connectivity index (χ1) is 15.5. The van der Waals surface area contributed by atoms with E-state index in [-0.39, 0.29) is 5.69 Å². The molecular weight excluding hydrogens is 426 g/mol. The summed E-state index contributed by atoms with van der Waals surface area (Å²) < 4.78 is 2.00. The number of nitro groups is 1. The second-order valence-corrected chi connectivity index (χ2v) is 8.74. The Morgan fingerprint density at radius 1 is 1.06 bits per heavy atom. The first-order valence-electron chi connectivity index (χ1n) is 10.2. The van der Waals surface area contributed by atoms with Gasteiger partial charge >= 0.3 is 0 Å². The molecule has 2 heterocycles. The number of tetrazole rings is 1. The van der Waals surface area contributed by atoms with Crippen molar-refractivity contribution in [3.8, 4) is 11.4 Å². The molecule has 0 amide bonds. The van der Waals surface area contributed by atoms with Gasteiger partial charge in [-0.3, -0.25) is 14.8 Å². The van der Waals surface area contributed by atoms with Gasteiger partial charge in [-0.15, -0.1) is 22.0 Å². The first kappa shape index (κ1) is 21.7. The third-order valence-corrected chi connectivity index (χ3v) is 5.89. The summed E-state index contributed by atoms with van der Waals surface area (Å²) in [6, 6.07) is 16.6. The zero-order valence-corrected chi connectivity index (χ0v) is 18.6. The molecule has 2 aromatic carbocycles. The summed E-state index contributed by atoms with van der Waals surface area (Å²) in [4.78, 5) is 11.9. The molecule has 2 aromatic heterocycles. The molecule has 0 aliphatic carbocycles. The van der Waals surface area contributed by atoms with Crippen molar-refractivity contribution in [3.63, 3.8) is 0 Å². The van der Waals surface area contributed by atoms with E-state index in [2.05, 4.69) is 46.5 Å². The van der Waals surface area contributed by atoms with Crippen molar-refractivity contribution >= 4 is 17.4 Å². The fraction of sp³-hybridized carbons (Fsp3) is 0.273. The zero-order valence-electron chi connectivity index (χ0n) is 17.8. The van der Waals surface area contributed by atoms with E-state index >= 15 is 0 Å². The summed E-state index contributed by atoms with van der Waals surface area (Å²) in [5, 5.41) is 29.4. The molecule has 0 aliphatic rings. The van der Waals surface area contributed by atoms with Crippen molar-refractivity contribution in [1.82, 2.24) is 30.0 Å². The van der Waals surface area contributed by atoms with E-state index in [4.69, 9.17) is 0 Å². The molecule has 9 nitrogen and oxygen atoms in total. The van der Waals surface area contributed by atoms with Gasteiger partial charge in [0.05, 0.1) is 23.2 Å². The Hall–Kier alpha value is -3.53. The van der Waals surface area contributed by atoms with Gasteiger partial charge in [0.1, 0.15) is 5.03 Å². The van der Waals surface area contributed by atoms with Crippen LogP contribution in [0.1, 0.15) is 25.0 Å². The molecule has 10 heteroatoms. The van der Waals surface area contributed by atoms with Crippen molar-refractivity contribution < 1.29 is 4.92 Å². The molecule has 0 spiro atoms. The number of nitrogens with zero attached hydrogens (tertiary/aromatic N) is 7. The predicted octanol–water partition coefficient (Wildman–Crippen LogP) is 4.44. The molecule has 0 N–H and O–H groups in total. The molecule has 32 heavy (non-hydrogen) atoms. The maximum absolute atomic E-state index is 10.8. The lowest BCUT2D eigenvalue weighted by molar-refractivity contribution is -0.384. The minimum absolute atomic E-state index is 0.0543. The van der Waals surface area contributed by atoms with Gasteiger partial charge in [-0.1, -0.05) is 56.3 Å². The van der Waals surface area contributed by atoms with Crippen LogP contribution in [0.4, 0.5) is 5.69 Å². The fourth-order valence-electron chi connectivity index (χ4n) is 3.19. The van der Waals surface area contributed by atoms with Gasteiger partial charge in [-0.05, 0) is 22.3 Å². The third kappa shape index (κ3) is 5.20. The lowest BCUT2D eigenvalue weighted by Crippen LogP contribution is -2.07. The highest BCUT2D eigenvalue weighted by Crippen LogP contribution is 2.32. The molecule has 4 aromatic rings. The molecular formula is C22H23N7O2S. The van der Waals surface area contributed by atoms with Crippen LogP contribution < -0.4 is 0 Å². The summed E-state index contributed by atoms with van der Waals surface area (Å²) in [6.07, 6.45) is 1.79. The fourth-order valence-corrected chi connectivity index (χ4v) is 4.25. The molecule has 0 saturated heterocycles. The van der Waals surface area contributed by atoms with Gasteiger partial charge < -0.3 is 0 Å². The monoisotopic (exact) mass is 449 g/mol. The number of thioether (sulfide) groups is 1. The highest BCUT2D eigenvalue weighted by Gasteiger charge is 2.18. The topological polar surface area (TPSA) is 105 Å². The molecule has 0 atom stereocenters. The summed E-state index contributed by atoms with van der Waals surface area (Å²) in [6.45, 7) is 5.49. The van der Waals surface area contributed by atoms with Crippen LogP contribution in [-0.4, -0.2) is 34.9 Å². The van der Waals surface area contributed by atoms with Gasteiger partial charge in [0.25, 0.3) is 5.69 Å². The maximum Gasteiger partial charge on any atom is 0.269 e. The summed E-state index contributed by atoms with van der Waals surface area (Å²) in [5.41, 5.74) is 2.99. The van der Waals surface area contributed by atoms with E-state index in [0.29, 0.717) is 18.3 Å². The normalized spacial score (nSPS) is 11.2. The van der Waals surface area contributed by atoms with Gasteiger partial charge in [0.2, 0.25) is 5.82 Å². The summed E-state index contributed by atoms with van der Waals surface area (Å²) >= 11 is 1.71. The lowest BCUT2D eigenvalue weighted by atomic mass is 10.2. The van der Waals surface area contributed by atoms with Crippen molar-refractivity contribution in [2.24, 2.45) is 5.92 Å². The lowest BCUT2D eigenvalue weighted by Gasteiger charge is -2.10. The number of rotatable bonds is 9. The standard InChI is InChI=1S/C22H23N7O2S/c1-16(2)13-27-22(32-15-18-6-4-3-5-7-18)20(12-23-27)21-24-26-28(25-21)14-17-8-10-19(11-9-17)29(30)31/h3-12,16H,13-15H2,1-2H3. The van der Waals surface area contributed by atoms with E-state index < -0.39 is 4.92 Å². The largest absolute Gasteiger partial charge is 0.269 e. The van der Waals surface area contributed by atoms with Crippen molar-refractivity contribution in [2.45, 2.75) is 37.7 Å². The van der Waals surface area contributed by atoms with Crippen LogP contribution in [-0.2, 0) is 18.8 Å². The molecule has 4 rings (SSSR count). The highest BCUT2D eigenvalue weighted by atomic mass is 32.2. The van der Waals surface area contributed by atoms with Gasteiger partial charge in [0.15, 0.2) is 0 Å². The van der Waals surface area contributed by atoms with E-state index in [9.17, 15) is 10.1 Å². The van der Waals surface area contributed by atoms with Gasteiger partial charge in [-0.2, -0.15) is 9.90 Å². The van der Waals surface area contributed by atoms with Gasteiger partial charge in [-0.25, -0.2) is 0 Å². The zero-order chi connectivity index (χ0) is 22.5. The number of hydrogen-bond acceptors (Lipinski definition) is 7. The number of nitro benzene ring substituents is 1. The SMILES string of the molecule is CC(C)Cn1ncc(-c2nnn(Cc3ccc([N+](=O)[O-])cc3)n2)c1SCc1ccccc1. The Balaban J connectivity index is 1.55. The van der Waals surface area contributed by atoms with Crippen molar-refractivity contribution in [3.05, 3.63) is 82.0 Å². The Morgan fingerprint density at radius 3 is 2.50 bits per heavy atom. The van der Waals surface area contributed by atoms with Crippen LogP contribution in [0.25, 0.3) is 11.4 Å². The Bertz CT molecular complexity index is 1190. The molecule has 0 fully saturated rings. The van der Waals surface area contributed by atoms with Crippen molar-refractivity contribution in [2.75, 3.05) is 0 Å². The molecule has 0 unspecified atom stereocenters. The van der Waals surface area contributed by atoms with Crippen LogP contribution in [0.15, 0.2) is 65.8 Å². The van der Waals surface area contributed by atoms with Crippen LogP contribution in [0.3, 0.4) is 0 Å². The van der Waals surface area contributed by atoms with Gasteiger partial charge in [0, 0.05) is 24.4 Å². The number of hydrogen-bond donors (Lipinski definition) is 0. The molecule has 0 saturated carbocycles. The second kappa shape index (κ2) is 9.73. The highest BCUT2D eigenvalue weighted by molar-refractivity contribution is 7.98. The Labute approximate surface area is 189 Å². The number of aromatic nitrogens is 6. The van der Waals surface area contributed by atoms with Crippen LogP contribution in [0.2, 0.25) is 0 Å². The average Bonchev–Trinajstić information content (AvgIpc) is 3.39. The van der Waals surface area contributed by atoms with E-state index in [1.54, 1.807) is 30.1 Å². The average molecular weight is 450 g/mol. The van der Waals surface area contributed by atoms with Crippen LogP contribution in [0.5, 0.6) is 0 Å². The Kier molecular flexibility index (Phi) is 6.60. The number of benzene rings is 2. The van der Waals surface area contributed by atoms with E-state index in [1.807, 2.05) is 22.9 Å². The van der Waals surface area contributed by atoms with E-state index in [0.717, 1.165) is 28.5 Å². The minimum Gasteiger partial charge on any atom is -0.258 e. The van der Waals surface area contributed by atoms with E-state index in [1.165, 1.54) is 22.5 Å². The molecule has 0 aliphatic heterocycles. The number of non-ortho nitro benzene ring substituents is 1. The van der Waals surface area contributed by atoms with Crippen LogP contribution >= 0.6 is 11.8 Å². The molecule has 0 bridgehead atoms. The quantitative estimate of drug-likeness (QED) is 0.211. The third-order valence-electron chi connectivity index (χ3n) is 4.71. The Morgan fingerprint density at radius 2 is 1.81 bits per heavy atom. The predicted molar refractivity (Wildman–Crippen MR) is 122 cm³/mol. The smallest absolute Gasteiger partial charge is 0.258 e. The second-order valence-electron chi connectivity index (χ2n) is 7.78.